The summed E-state index contributed by atoms with van der Waals surface area (Å²) >= 11 is 1.69. The summed E-state index contributed by atoms with van der Waals surface area (Å²) in [7, 11) is 0. The molecule has 0 atom stereocenters. The number of thiazole rings is 1. The molecule has 1 fully saturated rings. The van der Waals surface area contributed by atoms with E-state index in [-0.39, 0.29) is 5.91 Å². The lowest BCUT2D eigenvalue weighted by atomic mass is 10.2. The second-order valence-corrected chi connectivity index (χ2v) is 8.73. The van der Waals surface area contributed by atoms with Gasteiger partial charge in [0.15, 0.2) is 0 Å². The number of benzene rings is 2. The monoisotopic (exact) mass is 431 g/mol. The molecule has 0 unspecified atom stereocenters. The first-order valence-corrected chi connectivity index (χ1v) is 11.6. The fourth-order valence-electron chi connectivity index (χ4n) is 3.98. The van der Waals surface area contributed by atoms with E-state index in [0.29, 0.717) is 12.8 Å². The lowest BCUT2D eigenvalue weighted by molar-refractivity contribution is -0.133. The minimum Gasteiger partial charge on any atom is -0.342 e. The Morgan fingerprint density at radius 3 is 2.55 bits per heavy atom. The highest BCUT2D eigenvalue weighted by Gasteiger charge is 2.22. The Bertz CT molecular complexity index is 1130. The van der Waals surface area contributed by atoms with Gasteiger partial charge in [-0.1, -0.05) is 42.5 Å². The van der Waals surface area contributed by atoms with Gasteiger partial charge in [0.2, 0.25) is 5.91 Å². The standard InChI is InChI=1S/C24H25N5OS/c30-23(11-10-22-26-20-8-4-5-9-21(20)27-22)29-14-12-28(13-15-29)16-19-17-31-24(25-19)18-6-2-1-3-7-18/h1-9,17H,10-16H2,(H,26,27). The van der Waals surface area contributed by atoms with Gasteiger partial charge in [-0.05, 0) is 12.1 Å². The van der Waals surface area contributed by atoms with Gasteiger partial charge in [0, 0.05) is 56.5 Å². The van der Waals surface area contributed by atoms with Gasteiger partial charge in [-0.3, -0.25) is 9.69 Å². The number of aromatic nitrogens is 3. The molecule has 31 heavy (non-hydrogen) atoms. The third-order valence-electron chi connectivity index (χ3n) is 5.70. The molecule has 0 radical (unpaired) electrons. The van der Waals surface area contributed by atoms with E-state index in [1.54, 1.807) is 11.3 Å². The maximum absolute atomic E-state index is 12.7. The minimum absolute atomic E-state index is 0.208. The summed E-state index contributed by atoms with van der Waals surface area (Å²) in [6, 6.07) is 18.3. The Labute approximate surface area is 185 Å². The summed E-state index contributed by atoms with van der Waals surface area (Å²) in [6.07, 6.45) is 1.14. The summed E-state index contributed by atoms with van der Waals surface area (Å²) in [5, 5.41) is 3.21. The third kappa shape index (κ3) is 4.68. The topological polar surface area (TPSA) is 65.1 Å². The van der Waals surface area contributed by atoms with Crippen LogP contribution in [0.2, 0.25) is 0 Å². The first-order chi connectivity index (χ1) is 15.2. The molecular formula is C24H25N5OS. The van der Waals surface area contributed by atoms with Crippen molar-refractivity contribution in [2.45, 2.75) is 19.4 Å². The van der Waals surface area contributed by atoms with Crippen LogP contribution in [0, 0.1) is 0 Å². The van der Waals surface area contributed by atoms with E-state index in [1.807, 2.05) is 47.4 Å². The van der Waals surface area contributed by atoms with Crippen LogP contribution in [0.5, 0.6) is 0 Å². The molecule has 0 spiro atoms. The van der Waals surface area contributed by atoms with Crippen LogP contribution in [-0.4, -0.2) is 56.8 Å². The lowest BCUT2D eigenvalue weighted by Gasteiger charge is -2.34. The quantitative estimate of drug-likeness (QED) is 0.502. The normalized spacial score (nSPS) is 14.9. The largest absolute Gasteiger partial charge is 0.342 e. The van der Waals surface area contributed by atoms with E-state index in [0.717, 1.165) is 60.3 Å². The molecule has 0 aliphatic carbocycles. The van der Waals surface area contributed by atoms with Crippen LogP contribution in [0.15, 0.2) is 60.0 Å². The van der Waals surface area contributed by atoms with E-state index in [4.69, 9.17) is 4.98 Å². The number of carbonyl (C=O) groups excluding carboxylic acids is 1. The van der Waals surface area contributed by atoms with Crippen LogP contribution in [0.4, 0.5) is 0 Å². The second kappa shape index (κ2) is 8.99. The molecule has 158 valence electrons. The molecule has 1 aliphatic heterocycles. The van der Waals surface area contributed by atoms with Gasteiger partial charge in [0.1, 0.15) is 10.8 Å². The van der Waals surface area contributed by atoms with Crippen LogP contribution >= 0.6 is 11.3 Å². The summed E-state index contributed by atoms with van der Waals surface area (Å²) < 4.78 is 0. The van der Waals surface area contributed by atoms with Crippen LogP contribution in [0.25, 0.3) is 21.6 Å². The Balaban J connectivity index is 1.10. The number of imidazole rings is 1. The van der Waals surface area contributed by atoms with E-state index in [1.165, 1.54) is 5.56 Å². The van der Waals surface area contributed by atoms with Crippen molar-refractivity contribution in [3.05, 3.63) is 71.5 Å². The number of aryl methyl sites for hydroxylation is 1. The highest BCUT2D eigenvalue weighted by Crippen LogP contribution is 2.24. The van der Waals surface area contributed by atoms with Gasteiger partial charge in [-0.25, -0.2) is 9.97 Å². The van der Waals surface area contributed by atoms with Gasteiger partial charge in [-0.2, -0.15) is 0 Å². The summed E-state index contributed by atoms with van der Waals surface area (Å²) in [5.41, 5.74) is 4.25. The maximum atomic E-state index is 12.7. The molecule has 2 aromatic heterocycles. The van der Waals surface area contributed by atoms with Crippen molar-refractivity contribution < 1.29 is 4.79 Å². The fourth-order valence-corrected chi connectivity index (χ4v) is 4.80. The molecule has 1 N–H and O–H groups in total. The predicted molar refractivity (Wildman–Crippen MR) is 124 cm³/mol. The van der Waals surface area contributed by atoms with E-state index in [2.05, 4.69) is 32.4 Å². The van der Waals surface area contributed by atoms with Crippen molar-refractivity contribution in [3.63, 3.8) is 0 Å². The van der Waals surface area contributed by atoms with Gasteiger partial charge < -0.3 is 9.88 Å². The smallest absolute Gasteiger partial charge is 0.223 e. The van der Waals surface area contributed by atoms with Crippen molar-refractivity contribution in [2.24, 2.45) is 0 Å². The number of piperazine rings is 1. The van der Waals surface area contributed by atoms with Gasteiger partial charge in [-0.15, -0.1) is 11.3 Å². The first kappa shape index (κ1) is 19.9. The number of carbonyl (C=O) groups is 1. The van der Waals surface area contributed by atoms with Crippen molar-refractivity contribution >= 4 is 28.3 Å². The summed E-state index contributed by atoms with van der Waals surface area (Å²) in [6.45, 7) is 4.15. The van der Waals surface area contributed by atoms with E-state index in [9.17, 15) is 4.79 Å². The van der Waals surface area contributed by atoms with Crippen LogP contribution in [-0.2, 0) is 17.8 Å². The molecule has 3 heterocycles. The maximum Gasteiger partial charge on any atom is 0.223 e. The Morgan fingerprint density at radius 1 is 0.968 bits per heavy atom. The first-order valence-electron chi connectivity index (χ1n) is 10.7. The van der Waals surface area contributed by atoms with Crippen LogP contribution in [0.3, 0.4) is 0 Å². The fraction of sp³-hybridized carbons (Fsp3) is 0.292. The molecule has 6 nitrogen and oxygen atoms in total. The van der Waals surface area contributed by atoms with Gasteiger partial charge in [0.25, 0.3) is 0 Å². The zero-order chi connectivity index (χ0) is 21.0. The Kier molecular flexibility index (Phi) is 5.78. The average Bonchev–Trinajstić information content (AvgIpc) is 3.45. The summed E-state index contributed by atoms with van der Waals surface area (Å²) in [4.78, 5) is 29.7. The molecule has 1 saturated heterocycles. The van der Waals surface area contributed by atoms with Crippen LogP contribution < -0.4 is 0 Å². The summed E-state index contributed by atoms with van der Waals surface area (Å²) in [5.74, 6) is 1.09. The highest BCUT2D eigenvalue weighted by molar-refractivity contribution is 7.13. The second-order valence-electron chi connectivity index (χ2n) is 7.87. The minimum atomic E-state index is 0.208. The molecular weight excluding hydrogens is 406 g/mol. The number of nitrogens with zero attached hydrogens (tertiary/aromatic N) is 4. The zero-order valence-electron chi connectivity index (χ0n) is 17.3. The number of rotatable bonds is 6. The Morgan fingerprint density at radius 2 is 1.74 bits per heavy atom. The van der Waals surface area contributed by atoms with Gasteiger partial charge in [0.05, 0.1) is 16.7 Å². The molecule has 1 aliphatic rings. The molecule has 4 aromatic rings. The number of amides is 1. The van der Waals surface area contributed by atoms with Crippen molar-refractivity contribution in [3.8, 4) is 10.6 Å². The number of H-pyrrole nitrogens is 1. The SMILES string of the molecule is O=C(CCc1nc2ccccc2[nH]1)N1CCN(Cc2csc(-c3ccccc3)n2)CC1. The molecule has 7 heteroatoms. The molecule has 1 amide bonds. The number of para-hydroxylation sites is 2. The van der Waals surface area contributed by atoms with E-state index < -0.39 is 0 Å². The molecule has 0 bridgehead atoms. The molecule has 0 saturated carbocycles. The number of hydrogen-bond acceptors (Lipinski definition) is 5. The van der Waals surface area contributed by atoms with Crippen molar-refractivity contribution in [2.75, 3.05) is 26.2 Å². The number of fused-ring (bicyclic) bond motifs is 1. The predicted octanol–water partition coefficient (Wildman–Crippen LogP) is 3.96. The van der Waals surface area contributed by atoms with Gasteiger partial charge >= 0.3 is 0 Å². The van der Waals surface area contributed by atoms with Crippen molar-refractivity contribution in [1.29, 1.82) is 0 Å². The Hall–Kier alpha value is -3.03. The number of nitrogens with one attached hydrogen (secondary N) is 1. The number of aromatic amines is 1. The molecule has 2 aromatic carbocycles. The lowest BCUT2D eigenvalue weighted by Crippen LogP contribution is -2.48. The highest BCUT2D eigenvalue weighted by atomic mass is 32.1. The number of hydrogen-bond donors (Lipinski definition) is 1. The van der Waals surface area contributed by atoms with E-state index >= 15 is 0 Å². The molecule has 5 rings (SSSR count). The average molecular weight is 432 g/mol. The van der Waals surface area contributed by atoms with Crippen LogP contribution in [0.1, 0.15) is 17.9 Å². The van der Waals surface area contributed by atoms with Crippen molar-refractivity contribution in [1.82, 2.24) is 24.8 Å². The third-order valence-corrected chi connectivity index (χ3v) is 6.64. The zero-order valence-corrected chi connectivity index (χ0v) is 18.1.